The zero-order valence-electron chi connectivity index (χ0n) is 15.9. The van der Waals surface area contributed by atoms with Gasteiger partial charge in [-0.25, -0.2) is 9.37 Å². The van der Waals surface area contributed by atoms with Crippen LogP contribution in [0.1, 0.15) is 31.5 Å². The van der Waals surface area contributed by atoms with Crippen LogP contribution in [0.15, 0.2) is 47.0 Å². The van der Waals surface area contributed by atoms with Gasteiger partial charge < -0.3 is 14.8 Å². The predicted molar refractivity (Wildman–Crippen MR) is 107 cm³/mol. The normalized spacial score (nSPS) is 11.1. The Bertz CT molecular complexity index is 1130. The monoisotopic (exact) mass is 393 g/mol. The van der Waals surface area contributed by atoms with Crippen molar-refractivity contribution in [2.24, 2.45) is 0 Å². The van der Waals surface area contributed by atoms with Gasteiger partial charge in [-0.15, -0.1) is 0 Å². The van der Waals surface area contributed by atoms with Crippen molar-refractivity contribution in [1.82, 2.24) is 20.1 Å². The lowest BCUT2D eigenvalue weighted by Crippen LogP contribution is -2.12. The van der Waals surface area contributed by atoms with Crippen LogP contribution in [0.5, 0.6) is 0 Å². The number of halogens is 1. The number of carbonyl (C=O) groups excluding carboxylic acids is 1. The Morgan fingerprint density at radius 3 is 2.76 bits per heavy atom. The van der Waals surface area contributed by atoms with Crippen molar-refractivity contribution in [3.63, 3.8) is 0 Å². The number of nitrogens with one attached hydrogen (secondary N) is 2. The SMILES string of the molecule is CCCc1noc(CCC(=O)Nc2ccc3nc(-c4ccc(F)cc4)[nH]c3c2)n1. The number of anilines is 1. The van der Waals surface area contributed by atoms with Crippen LogP contribution in [0.4, 0.5) is 10.1 Å². The van der Waals surface area contributed by atoms with E-state index in [4.69, 9.17) is 4.52 Å². The second kappa shape index (κ2) is 8.22. The van der Waals surface area contributed by atoms with Gasteiger partial charge in [0.2, 0.25) is 11.8 Å². The fourth-order valence-electron chi connectivity index (χ4n) is 2.99. The standard InChI is InChI=1S/C21H20FN5O2/c1-2-3-18-26-20(29-27-18)11-10-19(28)23-15-8-9-16-17(12-15)25-21(24-16)13-4-6-14(22)7-5-13/h4-9,12H,2-3,10-11H2,1H3,(H,23,28)(H,24,25). The molecule has 1 amide bonds. The molecule has 4 rings (SSSR count). The van der Waals surface area contributed by atoms with Crippen molar-refractivity contribution >= 4 is 22.6 Å². The Hall–Kier alpha value is -3.55. The summed E-state index contributed by atoms with van der Waals surface area (Å²) in [7, 11) is 0. The number of H-pyrrole nitrogens is 1. The number of amides is 1. The molecule has 8 heteroatoms. The third-order valence-electron chi connectivity index (χ3n) is 4.43. The molecule has 0 spiro atoms. The molecule has 0 fully saturated rings. The van der Waals surface area contributed by atoms with Crippen LogP contribution >= 0.6 is 0 Å². The molecule has 0 saturated carbocycles. The minimum absolute atomic E-state index is 0.141. The van der Waals surface area contributed by atoms with Crippen LogP contribution < -0.4 is 5.32 Å². The number of carbonyl (C=O) groups is 1. The third-order valence-corrected chi connectivity index (χ3v) is 4.43. The first-order chi connectivity index (χ1) is 14.1. The summed E-state index contributed by atoms with van der Waals surface area (Å²) in [5, 5.41) is 6.75. The molecule has 0 aliphatic rings. The largest absolute Gasteiger partial charge is 0.339 e. The maximum absolute atomic E-state index is 13.1. The molecule has 0 atom stereocenters. The molecule has 29 heavy (non-hydrogen) atoms. The van der Waals surface area contributed by atoms with Gasteiger partial charge in [-0.2, -0.15) is 4.98 Å². The highest BCUT2D eigenvalue weighted by atomic mass is 19.1. The number of fused-ring (bicyclic) bond motifs is 1. The van der Waals surface area contributed by atoms with E-state index in [1.54, 1.807) is 18.2 Å². The van der Waals surface area contributed by atoms with Gasteiger partial charge in [0.15, 0.2) is 5.82 Å². The molecule has 0 bridgehead atoms. The molecule has 7 nitrogen and oxygen atoms in total. The zero-order chi connectivity index (χ0) is 20.2. The summed E-state index contributed by atoms with van der Waals surface area (Å²) >= 11 is 0. The first kappa shape index (κ1) is 18.8. The second-order valence-electron chi connectivity index (χ2n) is 6.73. The third kappa shape index (κ3) is 4.48. The van der Waals surface area contributed by atoms with Crippen molar-refractivity contribution in [2.45, 2.75) is 32.6 Å². The number of hydrogen-bond acceptors (Lipinski definition) is 5. The Balaban J connectivity index is 1.40. The van der Waals surface area contributed by atoms with Gasteiger partial charge in [0.1, 0.15) is 11.6 Å². The molecule has 0 aliphatic heterocycles. The molecular weight excluding hydrogens is 373 g/mol. The summed E-state index contributed by atoms with van der Waals surface area (Å²) in [6, 6.07) is 11.5. The van der Waals surface area contributed by atoms with Crippen molar-refractivity contribution in [3.05, 3.63) is 60.0 Å². The number of rotatable bonds is 7. The van der Waals surface area contributed by atoms with Gasteiger partial charge >= 0.3 is 0 Å². The zero-order valence-corrected chi connectivity index (χ0v) is 15.9. The molecular formula is C21H20FN5O2. The van der Waals surface area contributed by atoms with Gasteiger partial charge in [0.25, 0.3) is 0 Å². The molecule has 4 aromatic rings. The molecule has 2 N–H and O–H groups in total. The van der Waals surface area contributed by atoms with Crippen LogP contribution in [-0.2, 0) is 17.6 Å². The Labute approximate surface area is 166 Å². The smallest absolute Gasteiger partial charge is 0.227 e. The van der Waals surface area contributed by atoms with E-state index in [0.717, 1.165) is 29.4 Å². The molecule has 0 aliphatic carbocycles. The van der Waals surface area contributed by atoms with Crippen LogP contribution in [-0.4, -0.2) is 26.0 Å². The van der Waals surface area contributed by atoms with E-state index in [2.05, 4.69) is 25.4 Å². The van der Waals surface area contributed by atoms with E-state index < -0.39 is 0 Å². The molecule has 2 aromatic heterocycles. The lowest BCUT2D eigenvalue weighted by Gasteiger charge is -2.03. The van der Waals surface area contributed by atoms with E-state index in [1.807, 2.05) is 19.1 Å². The lowest BCUT2D eigenvalue weighted by atomic mass is 10.2. The maximum atomic E-state index is 13.1. The minimum Gasteiger partial charge on any atom is -0.339 e. The molecule has 2 heterocycles. The van der Waals surface area contributed by atoms with Crippen molar-refractivity contribution in [3.8, 4) is 11.4 Å². The van der Waals surface area contributed by atoms with E-state index >= 15 is 0 Å². The van der Waals surface area contributed by atoms with Crippen molar-refractivity contribution < 1.29 is 13.7 Å². The number of aromatic amines is 1. The van der Waals surface area contributed by atoms with Gasteiger partial charge in [-0.05, 0) is 48.9 Å². The van der Waals surface area contributed by atoms with Crippen LogP contribution in [0, 0.1) is 5.82 Å². The predicted octanol–water partition coefficient (Wildman–Crippen LogP) is 4.28. The first-order valence-electron chi connectivity index (χ1n) is 9.48. The summed E-state index contributed by atoms with van der Waals surface area (Å²) in [5.74, 6) is 1.35. The molecule has 0 unspecified atom stereocenters. The summed E-state index contributed by atoms with van der Waals surface area (Å²) in [4.78, 5) is 24.2. The van der Waals surface area contributed by atoms with Gasteiger partial charge in [0, 0.05) is 30.5 Å². The van der Waals surface area contributed by atoms with Crippen LogP contribution in [0.2, 0.25) is 0 Å². The fourth-order valence-corrected chi connectivity index (χ4v) is 2.99. The van der Waals surface area contributed by atoms with Gasteiger partial charge in [-0.1, -0.05) is 12.1 Å². The summed E-state index contributed by atoms with van der Waals surface area (Å²) in [5.41, 5.74) is 2.99. The first-order valence-corrected chi connectivity index (χ1v) is 9.48. The summed E-state index contributed by atoms with van der Waals surface area (Å²) < 4.78 is 18.3. The number of imidazole rings is 1. The molecule has 0 radical (unpaired) electrons. The van der Waals surface area contributed by atoms with Crippen LogP contribution in [0.3, 0.4) is 0 Å². The van der Waals surface area contributed by atoms with E-state index in [1.165, 1.54) is 12.1 Å². The lowest BCUT2D eigenvalue weighted by molar-refractivity contribution is -0.116. The average molecular weight is 393 g/mol. The Morgan fingerprint density at radius 2 is 1.97 bits per heavy atom. The molecule has 0 saturated heterocycles. The average Bonchev–Trinajstić information content (AvgIpc) is 3.34. The molecule has 148 valence electrons. The topological polar surface area (TPSA) is 96.7 Å². The quantitative estimate of drug-likeness (QED) is 0.489. The van der Waals surface area contributed by atoms with Crippen molar-refractivity contribution in [2.75, 3.05) is 5.32 Å². The Kier molecular flexibility index (Phi) is 5.33. The summed E-state index contributed by atoms with van der Waals surface area (Å²) in [6.45, 7) is 2.04. The van der Waals surface area contributed by atoms with Crippen molar-refractivity contribution in [1.29, 1.82) is 0 Å². The van der Waals surface area contributed by atoms with E-state index in [0.29, 0.717) is 29.6 Å². The number of benzene rings is 2. The number of hydrogen-bond donors (Lipinski definition) is 2. The number of nitrogens with zero attached hydrogens (tertiary/aromatic N) is 3. The highest BCUT2D eigenvalue weighted by Crippen LogP contribution is 2.23. The number of aromatic nitrogens is 4. The minimum atomic E-state index is -0.294. The second-order valence-corrected chi connectivity index (χ2v) is 6.73. The van der Waals surface area contributed by atoms with Crippen LogP contribution in [0.25, 0.3) is 22.4 Å². The number of aryl methyl sites for hydroxylation is 2. The van der Waals surface area contributed by atoms with E-state index in [9.17, 15) is 9.18 Å². The summed E-state index contributed by atoms with van der Waals surface area (Å²) in [6.07, 6.45) is 2.34. The fraction of sp³-hybridized carbons (Fsp3) is 0.238. The van der Waals surface area contributed by atoms with Gasteiger partial charge in [-0.3, -0.25) is 4.79 Å². The molecule has 2 aromatic carbocycles. The highest BCUT2D eigenvalue weighted by molar-refractivity contribution is 5.93. The maximum Gasteiger partial charge on any atom is 0.227 e. The van der Waals surface area contributed by atoms with E-state index in [-0.39, 0.29) is 18.1 Å². The van der Waals surface area contributed by atoms with Gasteiger partial charge in [0.05, 0.1) is 11.0 Å². The Morgan fingerprint density at radius 1 is 1.14 bits per heavy atom. The highest BCUT2D eigenvalue weighted by Gasteiger charge is 2.11.